The fourth-order valence-electron chi connectivity index (χ4n) is 2.26. The molecule has 114 valence electrons. The monoisotopic (exact) mass is 319 g/mol. The molecule has 1 aromatic heterocycles. The molecular formula is C14H14ClN5O2. The van der Waals surface area contributed by atoms with Gasteiger partial charge in [-0.3, -0.25) is 14.9 Å². The Morgan fingerprint density at radius 2 is 2.32 bits per heavy atom. The molecule has 0 bridgehead atoms. The fourth-order valence-corrected chi connectivity index (χ4v) is 2.45. The largest absolute Gasteiger partial charge is 0.326 e. The number of hydrogen-bond donors (Lipinski definition) is 2. The summed E-state index contributed by atoms with van der Waals surface area (Å²) in [6.45, 7) is 1.92. The average molecular weight is 320 g/mol. The number of carbonyl (C=O) groups is 2. The van der Waals surface area contributed by atoms with Crippen molar-refractivity contribution in [1.29, 1.82) is 0 Å². The highest BCUT2D eigenvalue weighted by Crippen LogP contribution is 2.25. The first-order valence-corrected chi connectivity index (χ1v) is 7.26. The van der Waals surface area contributed by atoms with Crippen molar-refractivity contribution in [2.45, 2.75) is 25.8 Å². The number of anilines is 2. The number of aryl methyl sites for hydroxylation is 1. The third kappa shape index (κ3) is 2.80. The molecule has 8 heteroatoms. The van der Waals surface area contributed by atoms with E-state index in [0.29, 0.717) is 28.9 Å². The van der Waals surface area contributed by atoms with Gasteiger partial charge < -0.3 is 5.32 Å². The van der Waals surface area contributed by atoms with Gasteiger partial charge >= 0.3 is 0 Å². The van der Waals surface area contributed by atoms with Crippen LogP contribution in [-0.4, -0.2) is 26.6 Å². The number of nitrogens with one attached hydrogen (secondary N) is 2. The summed E-state index contributed by atoms with van der Waals surface area (Å²) in [6, 6.07) is 6.15. The topological polar surface area (TPSA) is 88.9 Å². The van der Waals surface area contributed by atoms with E-state index in [1.165, 1.54) is 4.68 Å². The van der Waals surface area contributed by atoms with Crippen molar-refractivity contribution in [1.82, 2.24) is 14.8 Å². The van der Waals surface area contributed by atoms with Crippen LogP contribution >= 0.6 is 11.6 Å². The van der Waals surface area contributed by atoms with Crippen molar-refractivity contribution in [3.05, 3.63) is 35.1 Å². The first-order chi connectivity index (χ1) is 10.6. The number of carbonyl (C=O) groups excluding carboxylic acids is 2. The van der Waals surface area contributed by atoms with Crippen molar-refractivity contribution < 1.29 is 9.59 Å². The number of aromatic nitrogens is 3. The van der Waals surface area contributed by atoms with Gasteiger partial charge in [-0.2, -0.15) is 10.1 Å². The lowest BCUT2D eigenvalue weighted by Crippen LogP contribution is -2.24. The predicted molar refractivity (Wildman–Crippen MR) is 81.8 cm³/mol. The number of fused-ring (bicyclic) bond motifs is 1. The molecule has 3 rings (SSSR count). The van der Waals surface area contributed by atoms with Gasteiger partial charge in [-0.05, 0) is 18.2 Å². The zero-order chi connectivity index (χ0) is 15.7. The van der Waals surface area contributed by atoms with Crippen LogP contribution in [0.3, 0.4) is 0 Å². The molecular weight excluding hydrogens is 306 g/mol. The average Bonchev–Trinajstić information content (AvgIpc) is 2.98. The zero-order valence-electron chi connectivity index (χ0n) is 11.8. The van der Waals surface area contributed by atoms with Gasteiger partial charge in [0.05, 0.1) is 6.42 Å². The predicted octanol–water partition coefficient (Wildman–Crippen LogP) is 2.02. The maximum absolute atomic E-state index is 12.1. The molecule has 1 aromatic carbocycles. The Morgan fingerprint density at radius 1 is 1.50 bits per heavy atom. The number of rotatable bonds is 4. The molecule has 0 saturated carbocycles. The van der Waals surface area contributed by atoms with Crippen LogP contribution in [0.25, 0.3) is 0 Å². The summed E-state index contributed by atoms with van der Waals surface area (Å²) in [5.74, 6) is 0.459. The van der Waals surface area contributed by atoms with E-state index in [1.807, 2.05) is 6.92 Å². The maximum atomic E-state index is 12.1. The van der Waals surface area contributed by atoms with Crippen LogP contribution in [0, 0.1) is 0 Å². The Balaban J connectivity index is 1.71. The highest BCUT2D eigenvalue weighted by atomic mass is 35.5. The van der Waals surface area contributed by atoms with Gasteiger partial charge in [-0.1, -0.05) is 24.6 Å². The molecule has 0 radical (unpaired) electrons. The minimum Gasteiger partial charge on any atom is -0.326 e. The quantitative estimate of drug-likeness (QED) is 0.902. The van der Waals surface area contributed by atoms with E-state index >= 15 is 0 Å². The Hall–Kier alpha value is -2.41. The Bertz CT molecular complexity index is 743. The van der Waals surface area contributed by atoms with Crippen molar-refractivity contribution >= 4 is 35.1 Å². The number of nitrogens with zero attached hydrogens (tertiary/aromatic N) is 3. The molecule has 0 fully saturated rings. The number of halogens is 1. The molecule has 0 unspecified atom stereocenters. The second kappa shape index (κ2) is 5.76. The molecule has 0 aliphatic carbocycles. The molecule has 0 saturated heterocycles. The van der Waals surface area contributed by atoms with Gasteiger partial charge in [0, 0.05) is 17.1 Å². The summed E-state index contributed by atoms with van der Waals surface area (Å²) in [7, 11) is 0. The van der Waals surface area contributed by atoms with Gasteiger partial charge in [0.2, 0.25) is 11.9 Å². The molecule has 1 aliphatic rings. The molecule has 0 spiro atoms. The highest BCUT2D eigenvalue weighted by molar-refractivity contribution is 6.30. The minimum absolute atomic E-state index is 0.0160. The van der Waals surface area contributed by atoms with Crippen molar-refractivity contribution in [2.75, 3.05) is 10.6 Å². The lowest BCUT2D eigenvalue weighted by molar-refractivity contribution is -0.123. The summed E-state index contributed by atoms with van der Waals surface area (Å²) in [6.07, 6.45) is 0.648. The van der Waals surface area contributed by atoms with E-state index in [9.17, 15) is 9.59 Å². The maximum Gasteiger partial charge on any atom is 0.252 e. The number of hydrogen-bond acceptors (Lipinski definition) is 4. The Labute approximate surface area is 131 Å². The van der Waals surface area contributed by atoms with Crippen LogP contribution in [0.1, 0.15) is 25.2 Å². The molecule has 1 aliphatic heterocycles. The summed E-state index contributed by atoms with van der Waals surface area (Å²) in [4.78, 5) is 28.2. The van der Waals surface area contributed by atoms with Crippen LogP contribution in [-0.2, 0) is 16.0 Å². The lowest BCUT2D eigenvalue weighted by atomic mass is 10.2. The fraction of sp³-hybridized carbons (Fsp3) is 0.286. The van der Waals surface area contributed by atoms with Crippen molar-refractivity contribution in [3.8, 4) is 0 Å². The van der Waals surface area contributed by atoms with Crippen LogP contribution in [0.15, 0.2) is 24.3 Å². The molecule has 2 N–H and O–H groups in total. The molecule has 2 aromatic rings. The van der Waals surface area contributed by atoms with Crippen LogP contribution in [0.5, 0.6) is 0 Å². The Morgan fingerprint density at radius 3 is 3.05 bits per heavy atom. The van der Waals surface area contributed by atoms with Crippen LogP contribution < -0.4 is 10.6 Å². The molecule has 7 nitrogen and oxygen atoms in total. The summed E-state index contributed by atoms with van der Waals surface area (Å²) in [5.41, 5.74) is 0.587. The lowest BCUT2D eigenvalue weighted by Gasteiger charge is -2.10. The highest BCUT2D eigenvalue weighted by Gasteiger charge is 2.34. The van der Waals surface area contributed by atoms with E-state index in [2.05, 4.69) is 20.7 Å². The van der Waals surface area contributed by atoms with Crippen LogP contribution in [0.2, 0.25) is 5.02 Å². The van der Waals surface area contributed by atoms with E-state index in [4.69, 9.17) is 11.6 Å². The first kappa shape index (κ1) is 14.5. The molecule has 2 heterocycles. The van der Waals surface area contributed by atoms with E-state index in [1.54, 1.807) is 24.3 Å². The molecule has 1 atom stereocenters. The van der Waals surface area contributed by atoms with Crippen molar-refractivity contribution in [2.24, 2.45) is 0 Å². The van der Waals surface area contributed by atoms with Crippen LogP contribution in [0.4, 0.5) is 11.6 Å². The van der Waals surface area contributed by atoms with Gasteiger partial charge in [0.25, 0.3) is 5.91 Å². The van der Waals surface area contributed by atoms with Gasteiger partial charge in [-0.15, -0.1) is 0 Å². The Kier molecular flexibility index (Phi) is 3.81. The van der Waals surface area contributed by atoms with E-state index in [0.717, 1.165) is 0 Å². The van der Waals surface area contributed by atoms with E-state index < -0.39 is 6.04 Å². The molecule has 2 amide bonds. The first-order valence-electron chi connectivity index (χ1n) is 6.88. The summed E-state index contributed by atoms with van der Waals surface area (Å²) in [5, 5.41) is 10.1. The third-order valence-corrected chi connectivity index (χ3v) is 3.55. The van der Waals surface area contributed by atoms with Crippen molar-refractivity contribution in [3.63, 3.8) is 0 Å². The number of amides is 2. The second-order valence-corrected chi connectivity index (χ2v) is 5.35. The SMILES string of the molecule is CCc1nc2n(n1)[C@@H](CC(=O)Nc1cccc(Cl)c1)C(=O)N2. The number of benzene rings is 1. The summed E-state index contributed by atoms with van der Waals surface area (Å²) >= 11 is 5.87. The third-order valence-electron chi connectivity index (χ3n) is 3.31. The normalized spacial score (nSPS) is 16.3. The standard InChI is InChI=1S/C14H14ClN5O2/c1-2-11-17-14-18-13(22)10(20(14)19-11)7-12(21)16-9-5-3-4-8(15)6-9/h3-6,10H,2,7H2,1H3,(H,16,21)(H,17,18,19,22)/t10-/m0/s1. The zero-order valence-corrected chi connectivity index (χ0v) is 12.6. The minimum atomic E-state index is -0.679. The summed E-state index contributed by atoms with van der Waals surface area (Å²) < 4.78 is 1.47. The van der Waals surface area contributed by atoms with Gasteiger partial charge in [0.1, 0.15) is 6.04 Å². The van der Waals surface area contributed by atoms with Gasteiger partial charge in [0.15, 0.2) is 5.82 Å². The molecule has 22 heavy (non-hydrogen) atoms. The van der Waals surface area contributed by atoms with Gasteiger partial charge in [-0.25, -0.2) is 4.68 Å². The second-order valence-electron chi connectivity index (χ2n) is 4.92. The van der Waals surface area contributed by atoms with E-state index in [-0.39, 0.29) is 18.2 Å². The smallest absolute Gasteiger partial charge is 0.252 e.